The standard InChI is InChI=1S/C13H19ClFN3O2S/c1-2-18-5-3-4-9(8-18)17-21(19,20)13-7-12(16)11(15)6-10(13)14/h6-7,9,17H,2-5,8,16H2,1H3. The number of nitrogen functional groups attached to an aromatic ring is 1. The van der Waals surface area contributed by atoms with Crippen LogP contribution in [0.25, 0.3) is 0 Å². The van der Waals surface area contributed by atoms with Gasteiger partial charge in [-0.25, -0.2) is 17.5 Å². The highest BCUT2D eigenvalue weighted by Crippen LogP contribution is 2.26. The Kier molecular flexibility index (Phi) is 5.08. The topological polar surface area (TPSA) is 75.4 Å². The summed E-state index contributed by atoms with van der Waals surface area (Å²) >= 11 is 5.83. The predicted octanol–water partition coefficient (Wildman–Crippen LogP) is 1.82. The minimum Gasteiger partial charge on any atom is -0.396 e. The molecule has 8 heteroatoms. The second-order valence-electron chi connectivity index (χ2n) is 5.16. The molecule has 1 heterocycles. The van der Waals surface area contributed by atoms with Crippen molar-refractivity contribution in [2.45, 2.75) is 30.7 Å². The molecule has 0 bridgehead atoms. The zero-order chi connectivity index (χ0) is 15.6. The van der Waals surface area contributed by atoms with Crippen LogP contribution in [0.1, 0.15) is 19.8 Å². The van der Waals surface area contributed by atoms with Crippen LogP contribution in [0.2, 0.25) is 5.02 Å². The molecule has 0 aliphatic carbocycles. The minimum absolute atomic E-state index is 0.169. The van der Waals surface area contributed by atoms with Crippen molar-refractivity contribution in [3.63, 3.8) is 0 Å². The minimum atomic E-state index is -3.82. The van der Waals surface area contributed by atoms with Gasteiger partial charge < -0.3 is 10.6 Å². The van der Waals surface area contributed by atoms with Crippen LogP contribution in [0, 0.1) is 5.82 Å². The molecular weight excluding hydrogens is 317 g/mol. The van der Waals surface area contributed by atoms with E-state index in [1.54, 1.807) is 0 Å². The number of sulfonamides is 1. The second kappa shape index (κ2) is 6.48. The van der Waals surface area contributed by atoms with Gasteiger partial charge in [0.2, 0.25) is 10.0 Å². The number of hydrogen-bond donors (Lipinski definition) is 2. The molecule has 118 valence electrons. The number of halogens is 2. The van der Waals surface area contributed by atoms with Crippen molar-refractivity contribution in [3.05, 3.63) is 23.0 Å². The number of rotatable bonds is 4. The molecule has 1 atom stereocenters. The van der Waals surface area contributed by atoms with Gasteiger partial charge in [-0.15, -0.1) is 0 Å². The third-order valence-electron chi connectivity index (χ3n) is 3.62. The fraction of sp³-hybridized carbons (Fsp3) is 0.538. The highest BCUT2D eigenvalue weighted by Gasteiger charge is 2.26. The SMILES string of the molecule is CCN1CCCC(NS(=O)(=O)c2cc(N)c(F)cc2Cl)C1. The van der Waals surface area contributed by atoms with Gasteiger partial charge in [0.05, 0.1) is 10.7 Å². The lowest BCUT2D eigenvalue weighted by Crippen LogP contribution is -2.47. The van der Waals surface area contributed by atoms with Gasteiger partial charge in [0, 0.05) is 12.6 Å². The Bertz CT molecular complexity index is 624. The van der Waals surface area contributed by atoms with Gasteiger partial charge in [-0.1, -0.05) is 18.5 Å². The largest absolute Gasteiger partial charge is 0.396 e. The molecule has 1 aliphatic rings. The van der Waals surface area contributed by atoms with E-state index in [-0.39, 0.29) is 21.6 Å². The number of nitrogens with two attached hydrogens (primary N) is 1. The molecule has 0 aromatic heterocycles. The van der Waals surface area contributed by atoms with Crippen molar-refractivity contribution in [3.8, 4) is 0 Å². The third kappa shape index (κ3) is 3.85. The highest BCUT2D eigenvalue weighted by molar-refractivity contribution is 7.89. The number of nitrogens with one attached hydrogen (secondary N) is 1. The zero-order valence-corrected chi connectivity index (χ0v) is 13.3. The smallest absolute Gasteiger partial charge is 0.242 e. The van der Waals surface area contributed by atoms with E-state index in [1.807, 2.05) is 6.92 Å². The molecule has 1 unspecified atom stereocenters. The first-order valence-electron chi connectivity index (χ1n) is 6.82. The Morgan fingerprint density at radius 1 is 1.52 bits per heavy atom. The molecule has 3 N–H and O–H groups in total. The molecule has 1 fully saturated rings. The summed E-state index contributed by atoms with van der Waals surface area (Å²) in [6.07, 6.45) is 1.70. The Morgan fingerprint density at radius 3 is 2.90 bits per heavy atom. The van der Waals surface area contributed by atoms with Gasteiger partial charge in [-0.3, -0.25) is 0 Å². The van der Waals surface area contributed by atoms with Crippen molar-refractivity contribution < 1.29 is 12.8 Å². The number of piperidine rings is 1. The maximum absolute atomic E-state index is 13.3. The van der Waals surface area contributed by atoms with Gasteiger partial charge >= 0.3 is 0 Å². The summed E-state index contributed by atoms with van der Waals surface area (Å²) in [5, 5.41) is -0.169. The van der Waals surface area contributed by atoms with E-state index in [9.17, 15) is 12.8 Å². The molecule has 1 aliphatic heterocycles. The monoisotopic (exact) mass is 335 g/mol. The van der Waals surface area contributed by atoms with E-state index >= 15 is 0 Å². The molecule has 1 aromatic carbocycles. The molecule has 5 nitrogen and oxygen atoms in total. The summed E-state index contributed by atoms with van der Waals surface area (Å²) in [6.45, 7) is 4.54. The normalized spacial score (nSPS) is 20.6. The van der Waals surface area contributed by atoms with Crippen molar-refractivity contribution in [1.82, 2.24) is 9.62 Å². The van der Waals surface area contributed by atoms with E-state index in [2.05, 4.69) is 9.62 Å². The van der Waals surface area contributed by atoms with Crippen molar-refractivity contribution in [2.75, 3.05) is 25.4 Å². The van der Waals surface area contributed by atoms with Crippen LogP contribution in [0.3, 0.4) is 0 Å². The van der Waals surface area contributed by atoms with Gasteiger partial charge in [0.15, 0.2) is 0 Å². The molecule has 0 radical (unpaired) electrons. The van der Waals surface area contributed by atoms with Crippen LogP contribution in [0.15, 0.2) is 17.0 Å². The van der Waals surface area contributed by atoms with Crippen LogP contribution >= 0.6 is 11.6 Å². The summed E-state index contributed by atoms with van der Waals surface area (Å²) in [5.74, 6) is -0.728. The summed E-state index contributed by atoms with van der Waals surface area (Å²) in [5.41, 5.74) is 5.19. The Hall–Kier alpha value is -0.890. The van der Waals surface area contributed by atoms with Crippen LogP contribution in [0.4, 0.5) is 10.1 Å². The molecule has 0 amide bonds. The maximum Gasteiger partial charge on any atom is 0.242 e. The molecule has 0 saturated carbocycles. The molecular formula is C13H19ClFN3O2S. The number of likely N-dealkylation sites (N-methyl/N-ethyl adjacent to an activating group) is 1. The maximum atomic E-state index is 13.3. The average molecular weight is 336 g/mol. The Morgan fingerprint density at radius 2 is 2.24 bits per heavy atom. The first-order valence-corrected chi connectivity index (χ1v) is 8.69. The van der Waals surface area contributed by atoms with E-state index in [4.69, 9.17) is 17.3 Å². The second-order valence-corrected chi connectivity index (χ2v) is 7.25. The molecule has 1 aromatic rings. The van der Waals surface area contributed by atoms with E-state index in [0.717, 1.165) is 38.1 Å². The Balaban J connectivity index is 2.20. The lowest BCUT2D eigenvalue weighted by Gasteiger charge is -2.32. The van der Waals surface area contributed by atoms with Gasteiger partial charge in [-0.05, 0) is 38.1 Å². The molecule has 1 saturated heterocycles. The van der Waals surface area contributed by atoms with E-state index < -0.39 is 15.8 Å². The van der Waals surface area contributed by atoms with Crippen LogP contribution in [-0.4, -0.2) is 39.0 Å². The van der Waals surface area contributed by atoms with E-state index in [0.29, 0.717) is 6.54 Å². The Labute approximate surface area is 129 Å². The number of anilines is 1. The van der Waals surface area contributed by atoms with Gasteiger partial charge in [-0.2, -0.15) is 0 Å². The lowest BCUT2D eigenvalue weighted by molar-refractivity contribution is 0.211. The van der Waals surface area contributed by atoms with Crippen molar-refractivity contribution >= 4 is 27.3 Å². The summed E-state index contributed by atoms with van der Waals surface area (Å²) in [4.78, 5) is 1.99. The van der Waals surface area contributed by atoms with Crippen LogP contribution < -0.4 is 10.5 Å². The van der Waals surface area contributed by atoms with Crippen LogP contribution in [0.5, 0.6) is 0 Å². The van der Waals surface area contributed by atoms with E-state index in [1.165, 1.54) is 0 Å². The fourth-order valence-electron chi connectivity index (χ4n) is 2.47. The summed E-state index contributed by atoms with van der Waals surface area (Å²) in [7, 11) is -3.82. The van der Waals surface area contributed by atoms with Gasteiger partial charge in [0.1, 0.15) is 10.7 Å². The number of hydrogen-bond acceptors (Lipinski definition) is 4. The lowest BCUT2D eigenvalue weighted by atomic mass is 10.1. The molecule has 0 spiro atoms. The number of benzene rings is 1. The summed E-state index contributed by atoms with van der Waals surface area (Å²) in [6, 6.07) is 1.80. The summed E-state index contributed by atoms with van der Waals surface area (Å²) < 4.78 is 40.7. The third-order valence-corrected chi connectivity index (χ3v) is 5.60. The number of likely N-dealkylation sites (tertiary alicyclic amines) is 1. The predicted molar refractivity (Wildman–Crippen MR) is 81.3 cm³/mol. The molecule has 21 heavy (non-hydrogen) atoms. The fourth-order valence-corrected chi connectivity index (χ4v) is 4.28. The quantitative estimate of drug-likeness (QED) is 0.823. The van der Waals surface area contributed by atoms with Crippen molar-refractivity contribution in [1.29, 1.82) is 0 Å². The number of nitrogens with zero attached hydrogens (tertiary/aromatic N) is 1. The van der Waals surface area contributed by atoms with Gasteiger partial charge in [0.25, 0.3) is 0 Å². The highest BCUT2D eigenvalue weighted by atomic mass is 35.5. The first kappa shape index (κ1) is 16.5. The molecule has 2 rings (SSSR count). The van der Waals surface area contributed by atoms with Crippen LogP contribution in [-0.2, 0) is 10.0 Å². The first-order chi connectivity index (χ1) is 9.83. The average Bonchev–Trinajstić information content (AvgIpc) is 2.42. The van der Waals surface area contributed by atoms with Crippen molar-refractivity contribution in [2.24, 2.45) is 0 Å². The zero-order valence-electron chi connectivity index (χ0n) is 11.8.